The molecule has 18 heavy (non-hydrogen) atoms. The Morgan fingerprint density at radius 2 is 2.00 bits per heavy atom. The van der Waals surface area contributed by atoms with E-state index in [-0.39, 0.29) is 6.04 Å². The standard InChI is InChI=1S/C15H16BrNO/c1-2-6-13(14-9-10-15(16)18-14)17-11-12-7-4-3-5-8-12/h2-5,7-10,13,17H,1,6,11H2/p+1/t13-/m0/s1. The van der Waals surface area contributed by atoms with Gasteiger partial charge in [-0.15, -0.1) is 6.58 Å². The highest BCUT2D eigenvalue weighted by molar-refractivity contribution is 9.10. The van der Waals surface area contributed by atoms with Crippen molar-refractivity contribution in [1.82, 2.24) is 0 Å². The number of furan rings is 1. The van der Waals surface area contributed by atoms with Crippen LogP contribution in [-0.2, 0) is 6.54 Å². The topological polar surface area (TPSA) is 29.8 Å². The van der Waals surface area contributed by atoms with Gasteiger partial charge in [0.1, 0.15) is 12.6 Å². The quantitative estimate of drug-likeness (QED) is 0.814. The second-order valence-corrected chi connectivity index (χ2v) is 4.98. The lowest BCUT2D eigenvalue weighted by Crippen LogP contribution is -2.83. The van der Waals surface area contributed by atoms with Gasteiger partial charge in [0.2, 0.25) is 0 Å². The number of halogens is 1. The zero-order chi connectivity index (χ0) is 12.8. The third kappa shape index (κ3) is 3.59. The maximum absolute atomic E-state index is 5.62. The molecule has 2 nitrogen and oxygen atoms in total. The van der Waals surface area contributed by atoms with Crippen molar-refractivity contribution < 1.29 is 9.73 Å². The highest BCUT2D eigenvalue weighted by Crippen LogP contribution is 2.20. The molecule has 94 valence electrons. The minimum Gasteiger partial charge on any atom is -0.448 e. The molecule has 0 fully saturated rings. The van der Waals surface area contributed by atoms with Gasteiger partial charge in [0.15, 0.2) is 10.4 Å². The van der Waals surface area contributed by atoms with E-state index in [1.807, 2.05) is 24.3 Å². The van der Waals surface area contributed by atoms with Crippen molar-refractivity contribution in [3.05, 3.63) is 71.1 Å². The highest BCUT2D eigenvalue weighted by Gasteiger charge is 2.16. The Kier molecular flexibility index (Phi) is 4.79. The molecular formula is C15H17BrNO+. The molecule has 2 N–H and O–H groups in total. The number of nitrogens with two attached hydrogens (primary N) is 1. The fourth-order valence-electron chi connectivity index (χ4n) is 1.93. The molecule has 1 heterocycles. The van der Waals surface area contributed by atoms with Crippen LogP contribution >= 0.6 is 15.9 Å². The van der Waals surface area contributed by atoms with Gasteiger partial charge in [-0.1, -0.05) is 36.4 Å². The minimum atomic E-state index is 0.286. The Hall–Kier alpha value is -1.32. The molecule has 0 aliphatic heterocycles. The smallest absolute Gasteiger partial charge is 0.169 e. The van der Waals surface area contributed by atoms with Gasteiger partial charge in [0, 0.05) is 12.0 Å². The molecule has 1 atom stereocenters. The van der Waals surface area contributed by atoms with Crippen LogP contribution in [0.25, 0.3) is 0 Å². The van der Waals surface area contributed by atoms with Crippen LogP contribution in [0.4, 0.5) is 0 Å². The van der Waals surface area contributed by atoms with E-state index in [4.69, 9.17) is 4.42 Å². The minimum absolute atomic E-state index is 0.286. The lowest BCUT2D eigenvalue weighted by Gasteiger charge is -2.11. The van der Waals surface area contributed by atoms with E-state index < -0.39 is 0 Å². The molecule has 2 aromatic rings. The van der Waals surface area contributed by atoms with E-state index in [2.05, 4.69) is 52.1 Å². The SMILES string of the molecule is C=CC[C@H]([NH2+]Cc1ccccc1)c1ccc(Br)o1. The summed E-state index contributed by atoms with van der Waals surface area (Å²) in [6.07, 6.45) is 2.83. The molecule has 0 radical (unpaired) electrons. The third-order valence-corrected chi connectivity index (χ3v) is 3.29. The number of hydrogen-bond donors (Lipinski definition) is 1. The predicted octanol–water partition coefficient (Wildman–Crippen LogP) is 3.42. The average Bonchev–Trinajstić information content (AvgIpc) is 2.82. The molecule has 0 saturated carbocycles. The molecule has 2 rings (SSSR count). The molecule has 0 amide bonds. The first-order chi connectivity index (χ1) is 8.79. The maximum atomic E-state index is 5.62. The average molecular weight is 307 g/mol. The van der Waals surface area contributed by atoms with E-state index in [1.165, 1.54) is 5.56 Å². The van der Waals surface area contributed by atoms with Gasteiger partial charge < -0.3 is 9.73 Å². The largest absolute Gasteiger partial charge is 0.448 e. The summed E-state index contributed by atoms with van der Waals surface area (Å²) in [4.78, 5) is 0. The zero-order valence-corrected chi connectivity index (χ0v) is 11.8. The highest BCUT2D eigenvalue weighted by atomic mass is 79.9. The van der Waals surface area contributed by atoms with E-state index >= 15 is 0 Å². The predicted molar refractivity (Wildman–Crippen MR) is 76.0 cm³/mol. The van der Waals surface area contributed by atoms with Crippen LogP contribution < -0.4 is 5.32 Å². The van der Waals surface area contributed by atoms with Crippen LogP contribution in [0.15, 0.2) is 64.2 Å². The summed E-state index contributed by atoms with van der Waals surface area (Å²) in [7, 11) is 0. The van der Waals surface area contributed by atoms with E-state index in [1.54, 1.807) is 0 Å². The van der Waals surface area contributed by atoms with Gasteiger partial charge in [-0.05, 0) is 28.1 Å². The Balaban J connectivity index is 2.01. The summed E-state index contributed by atoms with van der Waals surface area (Å²) in [6, 6.07) is 14.7. The van der Waals surface area contributed by atoms with Gasteiger partial charge >= 0.3 is 0 Å². The second kappa shape index (κ2) is 6.57. The van der Waals surface area contributed by atoms with E-state index in [0.29, 0.717) is 0 Å². The van der Waals surface area contributed by atoms with Crippen molar-refractivity contribution in [2.75, 3.05) is 0 Å². The van der Waals surface area contributed by atoms with Crippen molar-refractivity contribution in [3.8, 4) is 0 Å². The summed E-state index contributed by atoms with van der Waals surface area (Å²) in [5, 5.41) is 2.28. The van der Waals surface area contributed by atoms with Crippen LogP contribution in [0, 0.1) is 0 Å². The monoisotopic (exact) mass is 306 g/mol. The van der Waals surface area contributed by atoms with Crippen LogP contribution in [0.1, 0.15) is 23.8 Å². The van der Waals surface area contributed by atoms with E-state index in [9.17, 15) is 0 Å². The van der Waals surface area contributed by atoms with Crippen LogP contribution in [0.3, 0.4) is 0 Å². The molecule has 0 aliphatic rings. The normalized spacial score (nSPS) is 12.3. The Morgan fingerprint density at radius 1 is 1.22 bits per heavy atom. The molecule has 3 heteroatoms. The van der Waals surface area contributed by atoms with Gasteiger partial charge in [-0.3, -0.25) is 0 Å². The fraction of sp³-hybridized carbons (Fsp3) is 0.200. The Bertz CT molecular complexity index is 492. The van der Waals surface area contributed by atoms with Crippen LogP contribution in [-0.4, -0.2) is 0 Å². The number of rotatable bonds is 6. The Labute approximate surface area is 116 Å². The Morgan fingerprint density at radius 3 is 2.61 bits per heavy atom. The van der Waals surface area contributed by atoms with Gasteiger partial charge in [-0.2, -0.15) is 0 Å². The lowest BCUT2D eigenvalue weighted by atomic mass is 10.1. The van der Waals surface area contributed by atoms with Crippen LogP contribution in [0.5, 0.6) is 0 Å². The summed E-state index contributed by atoms with van der Waals surface area (Å²) in [5.41, 5.74) is 1.32. The van der Waals surface area contributed by atoms with E-state index in [0.717, 1.165) is 23.4 Å². The molecule has 0 aliphatic carbocycles. The van der Waals surface area contributed by atoms with Gasteiger partial charge in [-0.25, -0.2) is 0 Å². The molecular weight excluding hydrogens is 290 g/mol. The summed E-state index contributed by atoms with van der Waals surface area (Å²) in [6.45, 7) is 4.76. The molecule has 0 saturated heterocycles. The maximum Gasteiger partial charge on any atom is 0.169 e. The van der Waals surface area contributed by atoms with Crippen molar-refractivity contribution in [1.29, 1.82) is 0 Å². The third-order valence-electron chi connectivity index (χ3n) is 2.86. The van der Waals surface area contributed by atoms with Gasteiger partial charge in [0.25, 0.3) is 0 Å². The molecule has 1 aromatic heterocycles. The lowest BCUT2D eigenvalue weighted by molar-refractivity contribution is -0.712. The van der Waals surface area contributed by atoms with Crippen LogP contribution in [0.2, 0.25) is 0 Å². The first-order valence-corrected chi connectivity index (χ1v) is 6.82. The number of quaternary nitrogens is 1. The molecule has 0 unspecified atom stereocenters. The number of hydrogen-bond acceptors (Lipinski definition) is 1. The molecule has 0 bridgehead atoms. The van der Waals surface area contributed by atoms with Gasteiger partial charge in [0.05, 0.1) is 0 Å². The van der Waals surface area contributed by atoms with Crippen molar-refractivity contribution in [3.63, 3.8) is 0 Å². The first-order valence-electron chi connectivity index (χ1n) is 6.03. The first kappa shape index (κ1) is 13.1. The van der Waals surface area contributed by atoms with Crippen molar-refractivity contribution in [2.24, 2.45) is 0 Å². The molecule has 0 spiro atoms. The summed E-state index contributed by atoms with van der Waals surface area (Å²) < 4.78 is 6.40. The zero-order valence-electron chi connectivity index (χ0n) is 10.2. The second-order valence-electron chi connectivity index (χ2n) is 4.20. The molecule has 1 aromatic carbocycles. The summed E-state index contributed by atoms with van der Waals surface area (Å²) in [5.74, 6) is 0.984. The van der Waals surface area contributed by atoms with Crippen molar-refractivity contribution in [2.45, 2.75) is 19.0 Å². The fourth-order valence-corrected chi connectivity index (χ4v) is 2.25. The summed E-state index contributed by atoms with van der Waals surface area (Å²) >= 11 is 3.34. The van der Waals surface area contributed by atoms with Crippen molar-refractivity contribution >= 4 is 15.9 Å². The number of benzene rings is 1.